The van der Waals surface area contributed by atoms with Crippen LogP contribution < -0.4 is 10.2 Å². The van der Waals surface area contributed by atoms with E-state index in [0.717, 1.165) is 16.5 Å². The Bertz CT molecular complexity index is 1140. The number of nitrogens with one attached hydrogen (secondary N) is 1. The number of hydrogen-bond acceptors (Lipinski definition) is 5. The maximum absolute atomic E-state index is 12.9. The highest BCUT2D eigenvalue weighted by molar-refractivity contribution is 8.00. The van der Waals surface area contributed by atoms with E-state index in [1.165, 1.54) is 11.8 Å². The summed E-state index contributed by atoms with van der Waals surface area (Å²) >= 11 is 1.26. The van der Waals surface area contributed by atoms with Gasteiger partial charge < -0.3 is 15.0 Å². The van der Waals surface area contributed by atoms with Crippen LogP contribution in [0.2, 0.25) is 0 Å². The van der Waals surface area contributed by atoms with Crippen LogP contribution >= 0.6 is 11.8 Å². The van der Waals surface area contributed by atoms with E-state index in [2.05, 4.69) is 5.32 Å². The molecule has 7 heteroatoms. The Morgan fingerprint density at radius 1 is 0.970 bits per heavy atom. The molecule has 0 bridgehead atoms. The van der Waals surface area contributed by atoms with Gasteiger partial charge in [-0.2, -0.15) is 0 Å². The third-order valence-electron chi connectivity index (χ3n) is 4.92. The summed E-state index contributed by atoms with van der Waals surface area (Å²) in [5, 5.41) is 4.82. The normalized spacial score (nSPS) is 10.8. The zero-order valence-electron chi connectivity index (χ0n) is 19.0. The molecule has 3 rings (SSSR count). The number of carbonyl (C=O) groups excluding carboxylic acids is 3. The lowest BCUT2D eigenvalue weighted by atomic mass is 10.1. The van der Waals surface area contributed by atoms with Gasteiger partial charge in [-0.05, 0) is 44.4 Å². The molecule has 33 heavy (non-hydrogen) atoms. The molecule has 172 valence electrons. The van der Waals surface area contributed by atoms with Gasteiger partial charge in [0.25, 0.3) is 5.91 Å². The third kappa shape index (κ3) is 6.35. The van der Waals surface area contributed by atoms with Crippen LogP contribution in [0, 0.1) is 0 Å². The minimum atomic E-state index is -0.593. The molecule has 0 atom stereocenters. The van der Waals surface area contributed by atoms with Gasteiger partial charge in [-0.25, -0.2) is 4.79 Å². The van der Waals surface area contributed by atoms with Crippen molar-refractivity contribution < 1.29 is 19.1 Å². The molecule has 0 heterocycles. The molecule has 0 radical (unpaired) electrons. The zero-order chi connectivity index (χ0) is 23.8. The number of thioether (sulfide) groups is 1. The fourth-order valence-electron chi connectivity index (χ4n) is 3.48. The van der Waals surface area contributed by atoms with Crippen LogP contribution in [0.5, 0.6) is 0 Å². The van der Waals surface area contributed by atoms with Gasteiger partial charge in [-0.15, -0.1) is 11.8 Å². The van der Waals surface area contributed by atoms with Crippen LogP contribution in [0.3, 0.4) is 0 Å². The van der Waals surface area contributed by atoms with Crippen LogP contribution in [0.25, 0.3) is 10.8 Å². The molecule has 0 aliphatic heterocycles. The van der Waals surface area contributed by atoms with Crippen LogP contribution in [0.15, 0.2) is 71.6 Å². The van der Waals surface area contributed by atoms with Crippen molar-refractivity contribution in [2.45, 2.75) is 31.7 Å². The lowest BCUT2D eigenvalue weighted by molar-refractivity contribution is -0.121. The maximum atomic E-state index is 12.9. The summed E-state index contributed by atoms with van der Waals surface area (Å²) in [5.41, 5.74) is 1.12. The van der Waals surface area contributed by atoms with E-state index in [0.29, 0.717) is 17.0 Å². The van der Waals surface area contributed by atoms with Crippen molar-refractivity contribution in [2.75, 3.05) is 23.8 Å². The Hall–Kier alpha value is -3.32. The first kappa shape index (κ1) is 24.3. The summed E-state index contributed by atoms with van der Waals surface area (Å²) in [6, 6.07) is 20.6. The van der Waals surface area contributed by atoms with Crippen molar-refractivity contribution in [1.82, 2.24) is 5.32 Å². The number of likely N-dealkylation sites (N-methyl/N-ethyl adjacent to an activating group) is 1. The number of nitrogens with zero attached hydrogens (tertiary/aromatic N) is 1. The van der Waals surface area contributed by atoms with Gasteiger partial charge in [-0.1, -0.05) is 48.5 Å². The average Bonchev–Trinajstić information content (AvgIpc) is 2.81. The maximum Gasteiger partial charge on any atom is 0.339 e. The first-order valence-corrected chi connectivity index (χ1v) is 11.9. The minimum absolute atomic E-state index is 0.0487. The van der Waals surface area contributed by atoms with E-state index < -0.39 is 5.97 Å². The quantitative estimate of drug-likeness (QED) is 0.368. The Morgan fingerprint density at radius 2 is 1.67 bits per heavy atom. The fraction of sp³-hybridized carbons (Fsp3) is 0.269. The predicted molar refractivity (Wildman–Crippen MR) is 133 cm³/mol. The van der Waals surface area contributed by atoms with E-state index in [1.807, 2.05) is 63.2 Å². The molecule has 0 aromatic heterocycles. The number of carbonyl (C=O) groups is 3. The molecule has 2 amide bonds. The second-order valence-electron chi connectivity index (χ2n) is 7.72. The lowest BCUT2D eigenvalue weighted by Crippen LogP contribution is -2.34. The van der Waals surface area contributed by atoms with E-state index in [-0.39, 0.29) is 30.2 Å². The molecule has 3 aromatic carbocycles. The smallest absolute Gasteiger partial charge is 0.339 e. The Labute approximate surface area is 198 Å². The fourth-order valence-corrected chi connectivity index (χ4v) is 4.33. The Morgan fingerprint density at radius 3 is 2.42 bits per heavy atom. The van der Waals surface area contributed by atoms with E-state index >= 15 is 0 Å². The van der Waals surface area contributed by atoms with Crippen molar-refractivity contribution >= 4 is 46.0 Å². The average molecular weight is 465 g/mol. The second kappa shape index (κ2) is 11.5. The van der Waals surface area contributed by atoms with E-state index in [4.69, 9.17) is 4.74 Å². The SMILES string of the molecule is CCN(C(=O)COC(=O)c1ccccc1SCC(=O)NC(C)C)c1cccc2ccccc12. The molecule has 0 aliphatic carbocycles. The van der Waals surface area contributed by atoms with Crippen molar-refractivity contribution in [1.29, 1.82) is 0 Å². The largest absolute Gasteiger partial charge is 0.452 e. The van der Waals surface area contributed by atoms with Gasteiger partial charge in [0.15, 0.2) is 6.61 Å². The van der Waals surface area contributed by atoms with Crippen LogP contribution in [0.4, 0.5) is 5.69 Å². The van der Waals surface area contributed by atoms with Gasteiger partial charge in [-0.3, -0.25) is 9.59 Å². The number of amides is 2. The molecular formula is C26H28N2O4S. The summed E-state index contributed by atoms with van der Waals surface area (Å²) in [6.45, 7) is 5.74. The van der Waals surface area contributed by atoms with Gasteiger partial charge in [0.1, 0.15) is 0 Å². The summed E-state index contributed by atoms with van der Waals surface area (Å²) < 4.78 is 5.37. The highest BCUT2D eigenvalue weighted by Gasteiger charge is 2.20. The molecule has 0 unspecified atom stereocenters. The topological polar surface area (TPSA) is 75.7 Å². The van der Waals surface area contributed by atoms with E-state index in [9.17, 15) is 14.4 Å². The number of benzene rings is 3. The molecule has 6 nitrogen and oxygen atoms in total. The molecule has 0 aliphatic rings. The second-order valence-corrected chi connectivity index (χ2v) is 8.74. The summed E-state index contributed by atoms with van der Waals surface area (Å²) in [5.74, 6) is -0.818. The highest BCUT2D eigenvalue weighted by Crippen LogP contribution is 2.27. The number of fused-ring (bicyclic) bond motifs is 1. The summed E-state index contributed by atoms with van der Waals surface area (Å²) in [7, 11) is 0. The highest BCUT2D eigenvalue weighted by atomic mass is 32.2. The van der Waals surface area contributed by atoms with Gasteiger partial charge >= 0.3 is 5.97 Å². The number of ether oxygens (including phenoxy) is 1. The van der Waals surface area contributed by atoms with Crippen molar-refractivity contribution in [3.05, 3.63) is 72.3 Å². The molecule has 3 aromatic rings. The third-order valence-corrected chi connectivity index (χ3v) is 5.99. The van der Waals surface area contributed by atoms with Crippen LogP contribution in [0.1, 0.15) is 31.1 Å². The molecule has 1 N–H and O–H groups in total. The first-order valence-electron chi connectivity index (χ1n) is 10.9. The number of rotatable bonds is 9. The molecule has 0 spiro atoms. The van der Waals surface area contributed by atoms with Crippen LogP contribution in [-0.2, 0) is 14.3 Å². The number of hydrogen-bond donors (Lipinski definition) is 1. The van der Waals surface area contributed by atoms with Crippen molar-refractivity contribution in [3.8, 4) is 0 Å². The monoisotopic (exact) mass is 464 g/mol. The predicted octanol–water partition coefficient (Wildman–Crippen LogP) is 4.67. The molecular weight excluding hydrogens is 436 g/mol. The Balaban J connectivity index is 1.68. The number of esters is 1. The van der Waals surface area contributed by atoms with Gasteiger partial charge in [0, 0.05) is 22.9 Å². The Kier molecular flexibility index (Phi) is 8.49. The first-order chi connectivity index (χ1) is 15.9. The minimum Gasteiger partial charge on any atom is -0.452 e. The zero-order valence-corrected chi connectivity index (χ0v) is 19.9. The standard InChI is InChI=1S/C26H28N2O4S/c1-4-28(22-14-9-11-19-10-5-6-12-20(19)22)25(30)16-32-26(31)21-13-7-8-15-23(21)33-17-24(29)27-18(2)3/h5-15,18H,4,16-17H2,1-3H3,(H,27,29). The van der Waals surface area contributed by atoms with Crippen molar-refractivity contribution in [3.63, 3.8) is 0 Å². The summed E-state index contributed by atoms with van der Waals surface area (Å²) in [6.07, 6.45) is 0. The van der Waals surface area contributed by atoms with E-state index in [1.54, 1.807) is 29.2 Å². The van der Waals surface area contributed by atoms with Crippen molar-refractivity contribution in [2.24, 2.45) is 0 Å². The van der Waals surface area contributed by atoms with Crippen LogP contribution in [-0.4, -0.2) is 42.7 Å². The lowest BCUT2D eigenvalue weighted by Gasteiger charge is -2.22. The molecule has 0 saturated carbocycles. The molecule has 0 saturated heterocycles. The van der Waals surface area contributed by atoms with Gasteiger partial charge in [0.05, 0.1) is 17.0 Å². The van der Waals surface area contributed by atoms with Gasteiger partial charge in [0.2, 0.25) is 5.91 Å². The molecule has 0 fully saturated rings. The summed E-state index contributed by atoms with van der Waals surface area (Å²) in [4.78, 5) is 39.9. The number of anilines is 1.